The van der Waals surface area contributed by atoms with Crippen molar-refractivity contribution in [2.24, 2.45) is 0 Å². The normalized spacial score (nSPS) is 24.0. The largest absolute Gasteiger partial charge is 0.463 e. The minimum atomic E-state index is -1.58. The molecule has 2 aromatic carbocycles. The van der Waals surface area contributed by atoms with Crippen LogP contribution in [0.4, 0.5) is 0 Å². The molecule has 190 valence electrons. The fourth-order valence-corrected chi connectivity index (χ4v) is 3.72. The Balaban J connectivity index is 1.86. The van der Waals surface area contributed by atoms with Crippen molar-refractivity contribution in [1.29, 1.82) is 0 Å². The predicted molar refractivity (Wildman–Crippen MR) is 124 cm³/mol. The monoisotopic (exact) mass is 488 g/mol. The molecular formula is C26H32O9. The highest BCUT2D eigenvalue weighted by Gasteiger charge is 2.45. The lowest BCUT2D eigenvalue weighted by Gasteiger charge is -2.40. The van der Waals surface area contributed by atoms with Crippen LogP contribution in [-0.2, 0) is 43.2 Å². The maximum absolute atomic E-state index is 11.2. The van der Waals surface area contributed by atoms with Gasteiger partial charge in [-0.25, -0.2) is 0 Å². The Kier molecular flexibility index (Phi) is 9.22. The molecule has 0 spiro atoms. The van der Waals surface area contributed by atoms with E-state index in [1.165, 1.54) is 19.4 Å². The van der Waals surface area contributed by atoms with E-state index in [0.717, 1.165) is 17.5 Å². The van der Waals surface area contributed by atoms with E-state index in [0.29, 0.717) is 17.7 Å². The summed E-state index contributed by atoms with van der Waals surface area (Å²) < 4.78 is 21.7. The van der Waals surface area contributed by atoms with Crippen molar-refractivity contribution in [2.45, 2.75) is 70.9 Å². The number of rotatable bonds is 9. The van der Waals surface area contributed by atoms with Crippen LogP contribution in [0.15, 0.2) is 42.5 Å². The van der Waals surface area contributed by atoms with E-state index in [-0.39, 0.29) is 13.2 Å². The van der Waals surface area contributed by atoms with Gasteiger partial charge in [-0.05, 0) is 34.7 Å². The first-order chi connectivity index (χ1) is 16.7. The summed E-state index contributed by atoms with van der Waals surface area (Å²) in [6.07, 6.45) is -5.63. The van der Waals surface area contributed by atoms with Crippen molar-refractivity contribution < 1.29 is 43.9 Å². The number of benzene rings is 2. The van der Waals surface area contributed by atoms with Crippen LogP contribution in [0.5, 0.6) is 5.75 Å². The van der Waals surface area contributed by atoms with Gasteiger partial charge in [-0.15, -0.1) is 0 Å². The zero-order valence-corrected chi connectivity index (χ0v) is 20.0. The molecule has 0 bridgehead atoms. The lowest BCUT2D eigenvalue weighted by molar-refractivity contribution is -0.278. The molecular weight excluding hydrogens is 456 g/mol. The highest BCUT2D eigenvalue weighted by molar-refractivity contribution is 5.66. The minimum Gasteiger partial charge on any atom is -0.463 e. The van der Waals surface area contributed by atoms with Gasteiger partial charge in [0.15, 0.2) is 0 Å². The zero-order chi connectivity index (χ0) is 25.5. The number of aliphatic hydroxyl groups excluding tert-OH is 3. The van der Waals surface area contributed by atoms with Gasteiger partial charge in [-0.2, -0.15) is 0 Å². The van der Waals surface area contributed by atoms with Crippen molar-refractivity contribution in [2.75, 3.05) is 6.61 Å². The highest BCUT2D eigenvalue weighted by atomic mass is 16.7. The van der Waals surface area contributed by atoms with Gasteiger partial charge in [-0.1, -0.05) is 43.3 Å². The molecule has 0 radical (unpaired) electrons. The Morgan fingerprint density at radius 3 is 2.11 bits per heavy atom. The van der Waals surface area contributed by atoms with E-state index in [1.54, 1.807) is 6.07 Å². The smallest absolute Gasteiger partial charge is 0.302 e. The standard InChI is InChI=1S/C26H32O9/c1-4-17-5-7-18(8-6-17)11-20-10-9-19(13-32-15(2)27)12-21(20)34-26-25(31)24(30)23(29)22(35-26)14-33-16(3)28/h5-10,12,22-26,29-31H,4,11,13-14H2,1-3H3/t22-,23-,24+,25-,26-/m1/s1. The summed E-state index contributed by atoms with van der Waals surface area (Å²) in [5.74, 6) is -0.648. The predicted octanol–water partition coefficient (Wildman–Crippen LogP) is 1.65. The van der Waals surface area contributed by atoms with Crippen LogP contribution < -0.4 is 4.74 Å². The highest BCUT2D eigenvalue weighted by Crippen LogP contribution is 2.29. The molecule has 2 aromatic rings. The van der Waals surface area contributed by atoms with Gasteiger partial charge in [0, 0.05) is 20.3 Å². The maximum Gasteiger partial charge on any atom is 0.302 e. The third-order valence-corrected chi connectivity index (χ3v) is 5.76. The van der Waals surface area contributed by atoms with Crippen LogP contribution in [0.3, 0.4) is 0 Å². The molecule has 0 saturated carbocycles. The molecule has 9 nitrogen and oxygen atoms in total. The second kappa shape index (κ2) is 12.1. The first-order valence-corrected chi connectivity index (χ1v) is 11.5. The molecule has 1 fully saturated rings. The fraction of sp³-hybridized carbons (Fsp3) is 0.462. The van der Waals surface area contributed by atoms with Crippen LogP contribution in [0.2, 0.25) is 0 Å². The molecule has 0 aromatic heterocycles. The molecule has 3 rings (SSSR count). The summed E-state index contributed by atoms with van der Waals surface area (Å²) in [4.78, 5) is 22.4. The van der Waals surface area contributed by atoms with Crippen molar-refractivity contribution in [1.82, 2.24) is 0 Å². The van der Waals surface area contributed by atoms with Crippen molar-refractivity contribution in [3.63, 3.8) is 0 Å². The van der Waals surface area contributed by atoms with E-state index >= 15 is 0 Å². The molecule has 35 heavy (non-hydrogen) atoms. The molecule has 9 heteroatoms. The second-order valence-corrected chi connectivity index (χ2v) is 8.50. The summed E-state index contributed by atoms with van der Waals surface area (Å²) in [6, 6.07) is 13.5. The summed E-state index contributed by atoms with van der Waals surface area (Å²) in [6.45, 7) is 4.32. The van der Waals surface area contributed by atoms with Gasteiger partial charge >= 0.3 is 11.9 Å². The van der Waals surface area contributed by atoms with Gasteiger partial charge in [-0.3, -0.25) is 9.59 Å². The van der Waals surface area contributed by atoms with Gasteiger partial charge in [0.1, 0.15) is 43.4 Å². The average Bonchev–Trinajstić information content (AvgIpc) is 2.84. The number of esters is 2. The van der Waals surface area contributed by atoms with E-state index in [4.69, 9.17) is 18.9 Å². The molecule has 0 aliphatic carbocycles. The Labute approximate surface area is 204 Å². The summed E-state index contributed by atoms with van der Waals surface area (Å²) in [7, 11) is 0. The summed E-state index contributed by atoms with van der Waals surface area (Å²) in [5, 5.41) is 31.1. The molecule has 5 atom stereocenters. The Bertz CT molecular complexity index is 1000. The first-order valence-electron chi connectivity index (χ1n) is 11.5. The van der Waals surface area contributed by atoms with Crippen LogP contribution in [0.25, 0.3) is 0 Å². The number of ether oxygens (including phenoxy) is 4. The van der Waals surface area contributed by atoms with E-state index < -0.39 is 42.6 Å². The lowest BCUT2D eigenvalue weighted by Crippen LogP contribution is -2.60. The minimum absolute atomic E-state index is 0.0294. The number of aryl methyl sites for hydroxylation is 1. The zero-order valence-electron chi connectivity index (χ0n) is 20.0. The molecule has 0 amide bonds. The van der Waals surface area contributed by atoms with Crippen molar-refractivity contribution in [3.05, 3.63) is 64.7 Å². The van der Waals surface area contributed by atoms with Gasteiger partial charge in [0.25, 0.3) is 0 Å². The van der Waals surface area contributed by atoms with E-state index in [2.05, 4.69) is 19.1 Å². The molecule has 3 N–H and O–H groups in total. The van der Waals surface area contributed by atoms with Gasteiger partial charge in [0.05, 0.1) is 0 Å². The third-order valence-electron chi connectivity index (χ3n) is 5.76. The Morgan fingerprint density at radius 1 is 0.857 bits per heavy atom. The number of hydrogen-bond donors (Lipinski definition) is 3. The molecule has 0 unspecified atom stereocenters. The number of carbonyl (C=O) groups excluding carboxylic acids is 2. The van der Waals surface area contributed by atoms with E-state index in [9.17, 15) is 24.9 Å². The molecule has 1 aliphatic rings. The van der Waals surface area contributed by atoms with Crippen LogP contribution >= 0.6 is 0 Å². The Hall–Kier alpha value is -2.98. The van der Waals surface area contributed by atoms with Crippen LogP contribution in [0.1, 0.15) is 43.0 Å². The summed E-state index contributed by atoms with van der Waals surface area (Å²) in [5.41, 5.74) is 3.68. The fourth-order valence-electron chi connectivity index (χ4n) is 3.72. The molecule has 1 aliphatic heterocycles. The topological polar surface area (TPSA) is 132 Å². The van der Waals surface area contributed by atoms with Crippen molar-refractivity contribution >= 4 is 11.9 Å². The van der Waals surface area contributed by atoms with Crippen LogP contribution in [-0.4, -0.2) is 64.6 Å². The quantitative estimate of drug-likeness (QED) is 0.451. The first kappa shape index (κ1) is 26.6. The van der Waals surface area contributed by atoms with Gasteiger partial charge < -0.3 is 34.3 Å². The van der Waals surface area contributed by atoms with Crippen molar-refractivity contribution in [3.8, 4) is 5.75 Å². The number of carbonyl (C=O) groups is 2. The molecule has 1 heterocycles. The average molecular weight is 489 g/mol. The van der Waals surface area contributed by atoms with E-state index in [1.807, 2.05) is 24.3 Å². The number of hydrogen-bond acceptors (Lipinski definition) is 9. The Morgan fingerprint density at radius 2 is 1.49 bits per heavy atom. The second-order valence-electron chi connectivity index (χ2n) is 8.50. The summed E-state index contributed by atoms with van der Waals surface area (Å²) >= 11 is 0. The lowest BCUT2D eigenvalue weighted by atomic mass is 9.98. The maximum atomic E-state index is 11.2. The number of aliphatic hydroxyl groups is 3. The van der Waals surface area contributed by atoms with Gasteiger partial charge in [0.2, 0.25) is 6.29 Å². The SMILES string of the molecule is CCc1ccc(Cc2ccc(COC(C)=O)cc2O[C@@H]2O[C@H](COC(C)=O)[C@@H](O)[C@H](O)[C@H]2O)cc1. The molecule has 1 saturated heterocycles. The van der Waals surface area contributed by atoms with Crippen LogP contribution in [0, 0.1) is 0 Å². The third kappa shape index (κ3) is 7.25.